The second kappa shape index (κ2) is 6.22. The standard InChI is InChI=1S/C17H22N4O/c1-13(15-8-9-15)20(2)17(22)18-16-10-11-21(19-16)12-14-6-4-3-5-7-14/h3-7,10-11,13,15H,8-9,12H2,1-2H3,(H,18,19,22). The topological polar surface area (TPSA) is 50.2 Å². The second-order valence-corrected chi connectivity index (χ2v) is 6.00. The van der Waals surface area contributed by atoms with Gasteiger partial charge in [-0.25, -0.2) is 4.79 Å². The molecule has 3 rings (SSSR count). The molecule has 5 nitrogen and oxygen atoms in total. The van der Waals surface area contributed by atoms with Gasteiger partial charge in [-0.1, -0.05) is 30.3 Å². The predicted octanol–water partition coefficient (Wildman–Crippen LogP) is 3.19. The molecular formula is C17H22N4O. The van der Waals surface area contributed by atoms with Crippen molar-refractivity contribution >= 4 is 11.8 Å². The molecule has 1 N–H and O–H groups in total. The van der Waals surface area contributed by atoms with Crippen LogP contribution in [0.3, 0.4) is 0 Å². The lowest BCUT2D eigenvalue weighted by Crippen LogP contribution is -2.39. The van der Waals surface area contributed by atoms with Crippen molar-refractivity contribution in [2.45, 2.75) is 32.4 Å². The minimum absolute atomic E-state index is 0.0932. The van der Waals surface area contributed by atoms with Gasteiger partial charge in [0.2, 0.25) is 0 Å². The Hall–Kier alpha value is -2.30. The first-order valence-corrected chi connectivity index (χ1v) is 7.74. The highest BCUT2D eigenvalue weighted by Gasteiger charge is 2.32. The molecule has 1 heterocycles. The molecule has 116 valence electrons. The zero-order chi connectivity index (χ0) is 15.5. The molecule has 2 aromatic rings. The number of benzene rings is 1. The average molecular weight is 298 g/mol. The molecule has 22 heavy (non-hydrogen) atoms. The summed E-state index contributed by atoms with van der Waals surface area (Å²) in [5.41, 5.74) is 1.18. The first-order chi connectivity index (χ1) is 10.6. The van der Waals surface area contributed by atoms with Crippen molar-refractivity contribution in [3.63, 3.8) is 0 Å². The zero-order valence-corrected chi connectivity index (χ0v) is 13.1. The van der Waals surface area contributed by atoms with E-state index in [0.717, 1.165) is 0 Å². The minimum atomic E-state index is -0.0932. The van der Waals surface area contributed by atoms with Gasteiger partial charge in [0.05, 0.1) is 6.54 Å². The molecule has 0 aliphatic heterocycles. The number of carbonyl (C=O) groups is 1. The van der Waals surface area contributed by atoms with E-state index in [4.69, 9.17) is 0 Å². The Bertz CT molecular complexity index is 633. The lowest BCUT2D eigenvalue weighted by Gasteiger charge is -2.24. The molecule has 1 aromatic carbocycles. The molecule has 1 aliphatic rings. The van der Waals surface area contributed by atoms with Crippen molar-refractivity contribution in [3.8, 4) is 0 Å². The van der Waals surface area contributed by atoms with Crippen molar-refractivity contribution in [1.82, 2.24) is 14.7 Å². The van der Waals surface area contributed by atoms with Gasteiger partial charge in [0, 0.05) is 25.4 Å². The van der Waals surface area contributed by atoms with Crippen molar-refractivity contribution in [2.75, 3.05) is 12.4 Å². The zero-order valence-electron chi connectivity index (χ0n) is 13.1. The number of nitrogens with zero attached hydrogens (tertiary/aromatic N) is 3. The average Bonchev–Trinajstić information content (AvgIpc) is 3.29. The van der Waals surface area contributed by atoms with Crippen molar-refractivity contribution in [1.29, 1.82) is 0 Å². The molecule has 1 fully saturated rings. The Kier molecular flexibility index (Phi) is 4.13. The van der Waals surface area contributed by atoms with Crippen LogP contribution < -0.4 is 5.32 Å². The number of hydrogen-bond acceptors (Lipinski definition) is 2. The summed E-state index contributed by atoms with van der Waals surface area (Å²) in [7, 11) is 1.85. The lowest BCUT2D eigenvalue weighted by atomic mass is 10.2. The van der Waals surface area contributed by atoms with Crippen LogP contribution in [0.25, 0.3) is 0 Å². The fourth-order valence-corrected chi connectivity index (χ4v) is 2.56. The van der Waals surface area contributed by atoms with E-state index in [1.807, 2.05) is 42.2 Å². The van der Waals surface area contributed by atoms with Crippen LogP contribution in [-0.2, 0) is 6.54 Å². The number of rotatable bonds is 5. The third-order valence-electron chi connectivity index (χ3n) is 4.30. The molecule has 0 bridgehead atoms. The van der Waals surface area contributed by atoms with Crippen LogP contribution in [-0.4, -0.2) is 33.8 Å². The minimum Gasteiger partial charge on any atom is -0.325 e. The van der Waals surface area contributed by atoms with Gasteiger partial charge in [-0.3, -0.25) is 10.00 Å². The summed E-state index contributed by atoms with van der Waals surface area (Å²) in [6, 6.07) is 12.2. The van der Waals surface area contributed by atoms with E-state index in [9.17, 15) is 4.79 Å². The van der Waals surface area contributed by atoms with Crippen LogP contribution in [0.2, 0.25) is 0 Å². The lowest BCUT2D eigenvalue weighted by molar-refractivity contribution is 0.201. The highest BCUT2D eigenvalue weighted by molar-refractivity contribution is 5.88. The molecule has 0 spiro atoms. The van der Waals surface area contributed by atoms with Gasteiger partial charge in [0.25, 0.3) is 0 Å². The molecule has 1 aliphatic carbocycles. The van der Waals surface area contributed by atoms with Crippen LogP contribution in [0.1, 0.15) is 25.3 Å². The summed E-state index contributed by atoms with van der Waals surface area (Å²) in [5, 5.41) is 7.27. The van der Waals surface area contributed by atoms with Crippen molar-refractivity contribution in [2.24, 2.45) is 5.92 Å². The predicted molar refractivity (Wildman–Crippen MR) is 86.7 cm³/mol. The number of hydrogen-bond donors (Lipinski definition) is 1. The van der Waals surface area contributed by atoms with Gasteiger partial charge in [-0.15, -0.1) is 0 Å². The molecule has 0 saturated heterocycles. The number of carbonyl (C=O) groups excluding carboxylic acids is 1. The van der Waals surface area contributed by atoms with Crippen LogP contribution in [0, 0.1) is 5.92 Å². The van der Waals surface area contributed by atoms with Crippen molar-refractivity contribution in [3.05, 3.63) is 48.2 Å². The largest absolute Gasteiger partial charge is 0.325 e. The number of anilines is 1. The fourth-order valence-electron chi connectivity index (χ4n) is 2.56. The molecule has 1 saturated carbocycles. The summed E-state index contributed by atoms with van der Waals surface area (Å²) in [6.45, 7) is 2.80. The molecule has 1 aromatic heterocycles. The van der Waals surface area contributed by atoms with Crippen LogP contribution in [0.15, 0.2) is 42.6 Å². The van der Waals surface area contributed by atoms with E-state index >= 15 is 0 Å². The quantitative estimate of drug-likeness (QED) is 0.921. The molecule has 1 unspecified atom stereocenters. The fraction of sp³-hybridized carbons (Fsp3) is 0.412. The number of aromatic nitrogens is 2. The Morgan fingerprint density at radius 2 is 2.09 bits per heavy atom. The van der Waals surface area contributed by atoms with Gasteiger partial charge in [-0.05, 0) is 31.2 Å². The number of urea groups is 1. The van der Waals surface area contributed by atoms with E-state index in [1.54, 1.807) is 4.90 Å². The highest BCUT2D eigenvalue weighted by Crippen LogP contribution is 2.34. The molecule has 5 heteroatoms. The van der Waals surface area contributed by atoms with E-state index in [1.165, 1.54) is 18.4 Å². The third-order valence-corrected chi connectivity index (χ3v) is 4.30. The number of nitrogens with one attached hydrogen (secondary N) is 1. The van der Waals surface area contributed by atoms with Gasteiger partial charge < -0.3 is 4.90 Å². The Morgan fingerprint density at radius 3 is 2.77 bits per heavy atom. The van der Waals surface area contributed by atoms with Gasteiger partial charge in [-0.2, -0.15) is 5.10 Å². The maximum Gasteiger partial charge on any atom is 0.323 e. The summed E-state index contributed by atoms with van der Waals surface area (Å²) in [5.74, 6) is 1.25. The van der Waals surface area contributed by atoms with Crippen LogP contribution in [0.5, 0.6) is 0 Å². The monoisotopic (exact) mass is 298 g/mol. The first-order valence-electron chi connectivity index (χ1n) is 7.74. The Balaban J connectivity index is 1.58. The summed E-state index contributed by atoms with van der Waals surface area (Å²) >= 11 is 0. The van der Waals surface area contributed by atoms with Crippen LogP contribution in [0.4, 0.5) is 10.6 Å². The highest BCUT2D eigenvalue weighted by atomic mass is 16.2. The first kappa shape index (κ1) is 14.6. The summed E-state index contributed by atoms with van der Waals surface area (Å²) in [4.78, 5) is 14.0. The molecule has 1 atom stereocenters. The summed E-state index contributed by atoms with van der Waals surface area (Å²) < 4.78 is 1.83. The van der Waals surface area contributed by atoms with E-state index in [2.05, 4.69) is 29.5 Å². The van der Waals surface area contributed by atoms with E-state index in [0.29, 0.717) is 18.3 Å². The SMILES string of the molecule is CC(C1CC1)N(C)C(=O)Nc1ccn(Cc2ccccc2)n1. The normalized spacial score (nSPS) is 15.4. The third kappa shape index (κ3) is 3.47. The van der Waals surface area contributed by atoms with Crippen LogP contribution >= 0.6 is 0 Å². The maximum atomic E-state index is 12.2. The Morgan fingerprint density at radius 1 is 1.36 bits per heavy atom. The molecule has 0 radical (unpaired) electrons. The molecule has 2 amide bonds. The van der Waals surface area contributed by atoms with E-state index < -0.39 is 0 Å². The van der Waals surface area contributed by atoms with Gasteiger partial charge in [0.15, 0.2) is 5.82 Å². The van der Waals surface area contributed by atoms with Gasteiger partial charge >= 0.3 is 6.03 Å². The van der Waals surface area contributed by atoms with Crippen molar-refractivity contribution < 1.29 is 4.79 Å². The maximum absolute atomic E-state index is 12.2. The van der Waals surface area contributed by atoms with Gasteiger partial charge in [0.1, 0.15) is 0 Å². The number of amides is 2. The Labute approximate surface area is 130 Å². The summed E-state index contributed by atoms with van der Waals surface area (Å²) in [6.07, 6.45) is 4.34. The second-order valence-electron chi connectivity index (χ2n) is 6.00. The van der Waals surface area contributed by atoms with E-state index in [-0.39, 0.29) is 12.1 Å². The smallest absolute Gasteiger partial charge is 0.323 e. The molecular weight excluding hydrogens is 276 g/mol.